The molecule has 0 bridgehead atoms. The van der Waals surface area contributed by atoms with Crippen LogP contribution in [0, 0.1) is 0 Å². The van der Waals surface area contributed by atoms with Crippen molar-refractivity contribution >= 4 is 143 Å². The van der Waals surface area contributed by atoms with E-state index in [2.05, 4.69) is 346 Å². The smallest absolute Gasteiger partial charge is 0.256 e. The molecule has 0 atom stereocenters. The van der Waals surface area contributed by atoms with Crippen molar-refractivity contribution in [2.75, 3.05) is 24.5 Å². The molecule has 408 valence electrons. The predicted molar refractivity (Wildman–Crippen MR) is 366 cm³/mol. The van der Waals surface area contributed by atoms with Crippen LogP contribution in [0.2, 0.25) is 0 Å². The Kier molecular flexibility index (Phi) is 12.2. The summed E-state index contributed by atoms with van der Waals surface area (Å²) in [5, 5.41) is 0. The summed E-state index contributed by atoms with van der Waals surface area (Å²) in [6.07, 6.45) is 0. The first-order chi connectivity index (χ1) is 43.2. The summed E-state index contributed by atoms with van der Waals surface area (Å²) in [4.78, 5) is 14.5. The molecule has 0 amide bonds. The molecule has 0 aliphatic carbocycles. The molecule has 0 saturated heterocycles. The number of hydrogen-bond acceptors (Lipinski definition) is 7. The Hall–Kier alpha value is -10.9. The fraction of sp³-hybridized carbons (Fsp3) is 0. The second kappa shape index (κ2) is 21.0. The molecule has 0 aromatic heterocycles. The molecule has 17 rings (SSSR count). The lowest BCUT2D eigenvalue weighted by Gasteiger charge is -2.44. The topological polar surface area (TPSA) is 25.4 Å². The second-order valence-electron chi connectivity index (χ2n) is 22.4. The average Bonchev–Trinajstić information content (AvgIpc) is 0.808. The molecule has 6 nitrogen and oxygen atoms in total. The molecule has 4 heterocycles. The summed E-state index contributed by atoms with van der Waals surface area (Å²) >= 11 is 1.86. The van der Waals surface area contributed by atoms with Crippen LogP contribution in [0.25, 0.3) is 0 Å². The fourth-order valence-electron chi connectivity index (χ4n) is 13.9. The summed E-state index contributed by atoms with van der Waals surface area (Å²) in [6.45, 7) is -0.412. The maximum atomic E-state index is 8.10. The van der Waals surface area contributed by atoms with Gasteiger partial charge in [-0.2, -0.15) is 0 Å². The van der Waals surface area contributed by atoms with Crippen molar-refractivity contribution in [3.05, 3.63) is 322 Å². The van der Waals surface area contributed by atoms with Gasteiger partial charge in [0.15, 0.2) is 0 Å². The van der Waals surface area contributed by atoms with Crippen molar-refractivity contribution in [2.24, 2.45) is 0 Å². The van der Waals surface area contributed by atoms with Gasteiger partial charge in [-0.25, -0.2) is 0 Å². The molecule has 13 aromatic carbocycles. The van der Waals surface area contributed by atoms with Crippen LogP contribution in [0.1, 0.15) is 0 Å². The Balaban J connectivity index is 0.990. The Morgan fingerprint density at radius 1 is 0.287 bits per heavy atom. The van der Waals surface area contributed by atoms with Gasteiger partial charge in [0, 0.05) is 89.8 Å². The van der Waals surface area contributed by atoms with E-state index in [0.717, 1.165) is 113 Å². The monoisotopic (exact) mass is 1130 g/mol. The molecule has 13 aromatic rings. The van der Waals surface area contributed by atoms with E-state index in [0.29, 0.717) is 0 Å². The van der Waals surface area contributed by atoms with Crippen molar-refractivity contribution in [1.82, 2.24) is 0 Å². The third kappa shape index (κ3) is 8.37. The number of anilines is 15. The Labute approximate surface area is 512 Å². The highest BCUT2D eigenvalue weighted by atomic mass is 32.2. The van der Waals surface area contributed by atoms with Gasteiger partial charge >= 0.3 is 0 Å². The maximum absolute atomic E-state index is 8.10. The third-order valence-corrected chi connectivity index (χ3v) is 18.6. The number of ether oxygens (including phenoxy) is 1. The first-order valence-electron chi connectivity index (χ1n) is 29.7. The lowest BCUT2D eigenvalue weighted by atomic mass is 9.31. The zero-order chi connectivity index (χ0) is 57.4. The number of fused-ring (bicyclic) bond motifs is 8. The summed E-state index contributed by atoms with van der Waals surface area (Å²) in [5.74, 6) is 1.64. The first kappa shape index (κ1) is 50.6. The van der Waals surface area contributed by atoms with Crippen LogP contribution in [-0.2, 0) is 0 Å². The molecule has 0 radical (unpaired) electrons. The molecular weight excluding hydrogens is 1080 g/mol. The summed E-state index contributed by atoms with van der Waals surface area (Å²) in [7, 11) is 0. The fourth-order valence-corrected chi connectivity index (χ4v) is 15.2. The Morgan fingerprint density at radius 3 is 1.08 bits per heavy atom. The molecule has 0 fully saturated rings. The number of nitrogens with zero attached hydrogens (tertiary/aromatic N) is 5. The third-order valence-electron chi connectivity index (χ3n) is 17.4. The Morgan fingerprint density at radius 2 is 0.644 bits per heavy atom. The molecule has 4 aliphatic rings. The molecule has 0 unspecified atom stereocenters. The van der Waals surface area contributed by atoms with Gasteiger partial charge < -0.3 is 29.2 Å². The largest absolute Gasteiger partial charge is 0.456 e. The zero-order valence-electron chi connectivity index (χ0n) is 47.3. The van der Waals surface area contributed by atoms with Crippen LogP contribution in [0.15, 0.2) is 331 Å². The van der Waals surface area contributed by atoms with E-state index in [-0.39, 0.29) is 13.4 Å². The quantitative estimate of drug-likeness (QED) is 0.119. The maximum Gasteiger partial charge on any atom is 0.256 e. The van der Waals surface area contributed by atoms with E-state index in [1.165, 1.54) is 26.7 Å². The highest BCUT2D eigenvalue weighted by Gasteiger charge is 2.49. The van der Waals surface area contributed by atoms with Crippen molar-refractivity contribution in [2.45, 2.75) is 9.79 Å². The normalized spacial score (nSPS) is 12.8. The number of hydrogen-bond donors (Lipinski definition) is 0. The van der Waals surface area contributed by atoms with Crippen LogP contribution in [0.3, 0.4) is 0 Å². The zero-order valence-corrected chi connectivity index (χ0v) is 48.1. The summed E-state index contributed by atoms with van der Waals surface area (Å²) in [6, 6.07) is 117. The van der Waals surface area contributed by atoms with Gasteiger partial charge in [-0.3, -0.25) is 0 Å². The van der Waals surface area contributed by atoms with Crippen molar-refractivity contribution < 1.29 is 4.74 Å². The number of benzene rings is 13. The van der Waals surface area contributed by atoms with Gasteiger partial charge in [-0.05, 0) is 155 Å². The lowest BCUT2D eigenvalue weighted by Crippen LogP contribution is -2.63. The van der Waals surface area contributed by atoms with Gasteiger partial charge in [0.1, 0.15) is 17.2 Å². The van der Waals surface area contributed by atoms with Gasteiger partial charge in [0.25, 0.3) is 6.71 Å². The minimum absolute atomic E-state index is 0.177. The molecule has 0 spiro atoms. The van der Waals surface area contributed by atoms with Crippen LogP contribution in [-0.4, -0.2) is 13.4 Å². The highest BCUT2D eigenvalue weighted by Crippen LogP contribution is 2.54. The van der Waals surface area contributed by atoms with Gasteiger partial charge in [-0.1, -0.05) is 205 Å². The lowest BCUT2D eigenvalue weighted by molar-refractivity contribution is 0.487. The number of para-hydroxylation sites is 10. The van der Waals surface area contributed by atoms with Gasteiger partial charge in [-0.15, -0.1) is 0 Å². The van der Waals surface area contributed by atoms with Gasteiger partial charge in [0.05, 0.1) is 5.69 Å². The van der Waals surface area contributed by atoms with Crippen LogP contribution in [0.5, 0.6) is 11.5 Å². The highest BCUT2D eigenvalue weighted by molar-refractivity contribution is 8.00. The Bertz CT molecular complexity index is 4350. The average molecular weight is 1130 g/mol. The molecule has 87 heavy (non-hydrogen) atoms. The van der Waals surface area contributed by atoms with Crippen molar-refractivity contribution in [3.63, 3.8) is 0 Å². The number of rotatable bonds is 11. The van der Waals surface area contributed by atoms with E-state index in [9.17, 15) is 0 Å². The standard InChI is InChI=1S/C78H53B2N5OS/c1-9-29-54(30-10-1)81(55-31-11-2-12-32-55)62-49-70-74-72(51-62)86-77-66(79(74)64-45-25-27-47-68(64)84(70)60-41-21-7-22-42-60)53-67-78(76(77)83(58-37-17-5-18-38-58)59-39-19-6-20-40-59)87-73-52-63(82(56-33-13-3-14-34-56)57-35-15-4-16-36-57)50-71-75(73)80(67)65-46-26-28-48-69(65)85(71)61-43-23-8-24-44-61/h1-53H. The van der Waals surface area contributed by atoms with E-state index >= 15 is 0 Å². The molecule has 9 heteroatoms. The summed E-state index contributed by atoms with van der Waals surface area (Å²) in [5.41, 5.74) is 23.2. The van der Waals surface area contributed by atoms with Crippen LogP contribution in [0.4, 0.5) is 85.3 Å². The minimum atomic E-state index is -0.235. The van der Waals surface area contributed by atoms with E-state index < -0.39 is 0 Å². The van der Waals surface area contributed by atoms with E-state index in [4.69, 9.17) is 4.74 Å². The van der Waals surface area contributed by atoms with Crippen molar-refractivity contribution in [1.29, 1.82) is 0 Å². The predicted octanol–water partition coefficient (Wildman–Crippen LogP) is 17.3. The van der Waals surface area contributed by atoms with Crippen LogP contribution >= 0.6 is 11.8 Å². The molecule has 4 aliphatic heterocycles. The van der Waals surface area contributed by atoms with E-state index in [1.807, 2.05) is 11.8 Å². The summed E-state index contributed by atoms with van der Waals surface area (Å²) < 4.78 is 8.10. The molecule has 0 N–H and O–H groups in total. The first-order valence-corrected chi connectivity index (χ1v) is 30.5. The van der Waals surface area contributed by atoms with Crippen LogP contribution < -0.4 is 62.0 Å². The molecular formula is C78H53B2N5OS. The van der Waals surface area contributed by atoms with Crippen molar-refractivity contribution in [3.8, 4) is 11.5 Å². The van der Waals surface area contributed by atoms with E-state index in [1.54, 1.807) is 0 Å². The second-order valence-corrected chi connectivity index (χ2v) is 23.4. The van der Waals surface area contributed by atoms with Gasteiger partial charge in [0.2, 0.25) is 6.71 Å². The molecule has 0 saturated carbocycles. The SMILES string of the molecule is c1ccc(N(c2ccccc2)c2cc3c4c(c2)N(c2ccccc2)c2ccccc2B4c2cc4c(c(N(c5ccccc5)c5ccccc5)c2O3)Sc2cc(N(c3ccccc3)c3ccccc3)cc3c2B4c2ccccc2N3c2ccccc2)cc1. The minimum Gasteiger partial charge on any atom is -0.456 e.